The summed E-state index contributed by atoms with van der Waals surface area (Å²) in [5, 5.41) is 12.4. The summed E-state index contributed by atoms with van der Waals surface area (Å²) in [5.41, 5.74) is 8.33. The molecule has 10 rings (SSSR count). The van der Waals surface area contributed by atoms with E-state index in [1.165, 1.54) is 76.1 Å². The van der Waals surface area contributed by atoms with Crippen molar-refractivity contribution >= 4 is 70.9 Å². The quantitative estimate of drug-likeness (QED) is 0.168. The van der Waals surface area contributed by atoms with Crippen molar-refractivity contribution in [3.05, 3.63) is 200 Å². The van der Waals surface area contributed by atoms with Crippen LogP contribution >= 0.6 is 0 Å². The molecule has 0 spiro atoms. The number of rotatable bonds is 5. The van der Waals surface area contributed by atoms with Crippen molar-refractivity contribution in [3.8, 4) is 22.3 Å². The van der Waals surface area contributed by atoms with Gasteiger partial charge < -0.3 is 4.90 Å². The van der Waals surface area contributed by atoms with Crippen LogP contribution in [-0.4, -0.2) is 0 Å². The van der Waals surface area contributed by atoms with Crippen LogP contribution in [0.2, 0.25) is 0 Å². The Balaban J connectivity index is 1.34. The number of fused-ring (bicyclic) bond motifs is 7. The molecule has 0 saturated carbocycles. The molecule has 0 aliphatic carbocycles. The van der Waals surface area contributed by atoms with Gasteiger partial charge in [-0.15, -0.1) is 0 Å². The third kappa shape index (κ3) is 4.86. The Morgan fingerprint density at radius 3 is 1.43 bits per heavy atom. The molecule has 0 radical (unpaired) electrons. The van der Waals surface area contributed by atoms with Crippen LogP contribution in [0.4, 0.5) is 17.1 Å². The van der Waals surface area contributed by atoms with Crippen molar-refractivity contribution in [2.45, 2.75) is 0 Å². The van der Waals surface area contributed by atoms with Crippen LogP contribution in [0.3, 0.4) is 0 Å². The molecular formula is C50H33N. The SMILES string of the molecule is c1ccc(-c2c(-c3ccccc3)c3cc(N(c4ccc5ccccc5c4)c4cc5ccccc5c5ccccc45)ccc3c3ccccc23)cc1. The maximum Gasteiger partial charge on any atom is 0.0546 e. The summed E-state index contributed by atoms with van der Waals surface area (Å²) in [5.74, 6) is 0. The van der Waals surface area contributed by atoms with Gasteiger partial charge in [0, 0.05) is 16.8 Å². The number of hydrogen-bond donors (Lipinski definition) is 0. The topological polar surface area (TPSA) is 3.24 Å². The summed E-state index contributed by atoms with van der Waals surface area (Å²) in [7, 11) is 0. The largest absolute Gasteiger partial charge is 0.310 e. The van der Waals surface area contributed by atoms with Gasteiger partial charge in [-0.05, 0) is 101 Å². The highest BCUT2D eigenvalue weighted by Gasteiger charge is 2.22. The zero-order chi connectivity index (χ0) is 33.7. The van der Waals surface area contributed by atoms with Gasteiger partial charge in [-0.1, -0.05) is 170 Å². The lowest BCUT2D eigenvalue weighted by Crippen LogP contribution is -2.11. The molecule has 0 aliphatic heterocycles. The predicted molar refractivity (Wildman–Crippen MR) is 220 cm³/mol. The van der Waals surface area contributed by atoms with Gasteiger partial charge in [0.1, 0.15) is 0 Å². The molecule has 51 heavy (non-hydrogen) atoms. The second kappa shape index (κ2) is 12.0. The molecule has 0 heterocycles. The standard InChI is InChI=1S/C50H33N/c1-3-16-35(17-4-1)49-46-26-14-12-24-43(46)44-30-29-40(33-47(44)50(49)36-18-5-2-6-19-36)51(39-28-27-34-15-7-8-20-37(34)31-39)48-32-38-21-9-10-22-41(38)42-23-11-13-25-45(42)48/h1-33H. The minimum atomic E-state index is 1.12. The first-order valence-electron chi connectivity index (χ1n) is 17.6. The molecule has 0 bridgehead atoms. The van der Waals surface area contributed by atoms with E-state index in [2.05, 4.69) is 205 Å². The van der Waals surface area contributed by atoms with E-state index in [-0.39, 0.29) is 0 Å². The summed E-state index contributed by atoms with van der Waals surface area (Å²) in [6.45, 7) is 0. The van der Waals surface area contributed by atoms with Crippen molar-refractivity contribution in [2.75, 3.05) is 4.90 Å². The molecule has 238 valence electrons. The lowest BCUT2D eigenvalue weighted by atomic mass is 9.85. The van der Waals surface area contributed by atoms with Crippen molar-refractivity contribution in [3.63, 3.8) is 0 Å². The van der Waals surface area contributed by atoms with Gasteiger partial charge in [0.2, 0.25) is 0 Å². The van der Waals surface area contributed by atoms with Crippen LogP contribution in [0.15, 0.2) is 200 Å². The molecule has 10 aromatic rings. The lowest BCUT2D eigenvalue weighted by Gasteiger charge is -2.29. The van der Waals surface area contributed by atoms with Crippen LogP contribution in [0.5, 0.6) is 0 Å². The molecule has 0 aromatic heterocycles. The summed E-state index contributed by atoms with van der Waals surface area (Å²) in [6.07, 6.45) is 0. The Kier molecular flexibility index (Phi) is 6.89. The van der Waals surface area contributed by atoms with E-state index >= 15 is 0 Å². The smallest absolute Gasteiger partial charge is 0.0546 e. The minimum absolute atomic E-state index is 1.12. The Hall–Kier alpha value is -6.70. The molecule has 0 aliphatic rings. The van der Waals surface area contributed by atoms with E-state index in [1.807, 2.05) is 0 Å². The van der Waals surface area contributed by atoms with E-state index in [4.69, 9.17) is 0 Å². The maximum absolute atomic E-state index is 2.47. The van der Waals surface area contributed by atoms with Crippen LogP contribution in [0.25, 0.3) is 76.1 Å². The van der Waals surface area contributed by atoms with Crippen LogP contribution < -0.4 is 4.90 Å². The molecule has 0 saturated heterocycles. The molecule has 1 nitrogen and oxygen atoms in total. The van der Waals surface area contributed by atoms with Gasteiger partial charge in [0.05, 0.1) is 5.69 Å². The first kappa shape index (κ1) is 29.2. The fourth-order valence-electron chi connectivity index (χ4n) is 8.09. The number of nitrogens with zero attached hydrogens (tertiary/aromatic N) is 1. The van der Waals surface area contributed by atoms with E-state index in [0.717, 1.165) is 17.1 Å². The van der Waals surface area contributed by atoms with E-state index in [0.29, 0.717) is 0 Å². The summed E-state index contributed by atoms with van der Waals surface area (Å²) < 4.78 is 0. The second-order valence-electron chi connectivity index (χ2n) is 13.3. The van der Waals surface area contributed by atoms with Crippen molar-refractivity contribution in [1.82, 2.24) is 0 Å². The fourth-order valence-corrected chi connectivity index (χ4v) is 8.09. The molecule has 1 heteroatoms. The van der Waals surface area contributed by atoms with Gasteiger partial charge in [0.25, 0.3) is 0 Å². The molecule has 0 unspecified atom stereocenters. The van der Waals surface area contributed by atoms with Gasteiger partial charge >= 0.3 is 0 Å². The highest BCUT2D eigenvalue weighted by molar-refractivity contribution is 6.22. The Morgan fingerprint density at radius 2 is 0.725 bits per heavy atom. The number of hydrogen-bond acceptors (Lipinski definition) is 1. The second-order valence-corrected chi connectivity index (χ2v) is 13.3. The summed E-state index contributed by atoms with van der Waals surface area (Å²) >= 11 is 0. The van der Waals surface area contributed by atoms with E-state index in [1.54, 1.807) is 0 Å². The van der Waals surface area contributed by atoms with E-state index < -0.39 is 0 Å². The minimum Gasteiger partial charge on any atom is -0.310 e. The Bertz CT molecular complexity index is 2910. The number of benzene rings is 10. The zero-order valence-corrected chi connectivity index (χ0v) is 28.0. The lowest BCUT2D eigenvalue weighted by molar-refractivity contribution is 1.31. The maximum atomic E-state index is 2.47. The first-order valence-corrected chi connectivity index (χ1v) is 17.6. The number of anilines is 3. The monoisotopic (exact) mass is 647 g/mol. The highest BCUT2D eigenvalue weighted by atomic mass is 15.1. The van der Waals surface area contributed by atoms with Crippen molar-refractivity contribution in [2.24, 2.45) is 0 Å². The zero-order valence-electron chi connectivity index (χ0n) is 28.0. The van der Waals surface area contributed by atoms with Gasteiger partial charge in [0.15, 0.2) is 0 Å². The third-order valence-corrected chi connectivity index (χ3v) is 10.4. The molecule has 0 amide bonds. The van der Waals surface area contributed by atoms with Gasteiger partial charge in [-0.2, -0.15) is 0 Å². The summed E-state index contributed by atoms with van der Waals surface area (Å²) in [4.78, 5) is 2.47. The van der Waals surface area contributed by atoms with Gasteiger partial charge in [-0.25, -0.2) is 0 Å². The van der Waals surface area contributed by atoms with Crippen LogP contribution in [0, 0.1) is 0 Å². The highest BCUT2D eigenvalue weighted by Crippen LogP contribution is 2.48. The average molecular weight is 648 g/mol. The molecule has 0 atom stereocenters. The third-order valence-electron chi connectivity index (χ3n) is 10.4. The Morgan fingerprint density at radius 1 is 0.255 bits per heavy atom. The fraction of sp³-hybridized carbons (Fsp3) is 0. The molecule has 0 fully saturated rings. The predicted octanol–water partition coefficient (Wildman–Crippen LogP) is 14.3. The molecule has 0 N–H and O–H groups in total. The molecule has 10 aromatic carbocycles. The first-order chi connectivity index (χ1) is 25.3. The average Bonchev–Trinajstić information content (AvgIpc) is 3.21. The van der Waals surface area contributed by atoms with Crippen molar-refractivity contribution < 1.29 is 0 Å². The van der Waals surface area contributed by atoms with Crippen LogP contribution in [0.1, 0.15) is 0 Å². The van der Waals surface area contributed by atoms with E-state index in [9.17, 15) is 0 Å². The van der Waals surface area contributed by atoms with Crippen LogP contribution in [-0.2, 0) is 0 Å². The van der Waals surface area contributed by atoms with Gasteiger partial charge in [-0.3, -0.25) is 0 Å². The summed E-state index contributed by atoms with van der Waals surface area (Å²) in [6, 6.07) is 73.2. The Labute approximate surface area is 297 Å². The van der Waals surface area contributed by atoms with Crippen molar-refractivity contribution in [1.29, 1.82) is 0 Å². The molecular weight excluding hydrogens is 615 g/mol. The normalized spacial score (nSPS) is 11.5.